The van der Waals surface area contributed by atoms with Crippen LogP contribution in [0, 0.1) is 0 Å². The van der Waals surface area contributed by atoms with E-state index in [4.69, 9.17) is 0 Å². The predicted molar refractivity (Wildman–Crippen MR) is 94.1 cm³/mol. The molecule has 2 aliphatic rings. The lowest BCUT2D eigenvalue weighted by molar-refractivity contribution is -0.115. The average Bonchev–Trinajstić information content (AvgIpc) is 3.12. The number of nitrogens with zero attached hydrogens (tertiary/aromatic N) is 1. The second-order valence-electron chi connectivity index (χ2n) is 5.74. The van der Waals surface area contributed by atoms with Crippen molar-refractivity contribution in [2.24, 2.45) is 4.99 Å². The van der Waals surface area contributed by atoms with Crippen LogP contribution in [0.4, 0.5) is 5.69 Å². The number of rotatable bonds is 3. The van der Waals surface area contributed by atoms with Crippen LogP contribution in [0.5, 0.6) is 0 Å². The van der Waals surface area contributed by atoms with Crippen LogP contribution in [-0.4, -0.2) is 23.0 Å². The Bertz CT molecular complexity index is 674. The van der Waals surface area contributed by atoms with Gasteiger partial charge in [0.05, 0.1) is 10.9 Å². The molecule has 0 aromatic heterocycles. The molecule has 1 heterocycles. The van der Waals surface area contributed by atoms with E-state index in [1.165, 1.54) is 31.5 Å². The zero-order chi connectivity index (χ0) is 16.2. The third kappa shape index (κ3) is 4.22. The van der Waals surface area contributed by atoms with Gasteiger partial charge in [-0.15, -0.1) is 0 Å². The molecular weight excluding hydrogens is 310 g/mol. The second-order valence-corrected chi connectivity index (χ2v) is 6.77. The molecule has 0 spiro atoms. The van der Waals surface area contributed by atoms with Crippen LogP contribution in [0.15, 0.2) is 34.2 Å². The van der Waals surface area contributed by atoms with Gasteiger partial charge in [0.15, 0.2) is 5.17 Å². The van der Waals surface area contributed by atoms with E-state index in [1.54, 1.807) is 0 Å². The van der Waals surface area contributed by atoms with Crippen LogP contribution in [-0.2, 0) is 9.59 Å². The smallest absolute Gasteiger partial charge is 0.264 e. The number of carbonyl (C=O) groups excluding carboxylic acids is 2. The van der Waals surface area contributed by atoms with Crippen molar-refractivity contribution in [1.82, 2.24) is 5.32 Å². The first kappa shape index (κ1) is 15.8. The van der Waals surface area contributed by atoms with Gasteiger partial charge in [-0.3, -0.25) is 14.6 Å². The number of amides is 2. The number of anilines is 1. The molecule has 1 saturated carbocycles. The van der Waals surface area contributed by atoms with Crippen molar-refractivity contribution in [3.05, 3.63) is 34.7 Å². The molecule has 0 radical (unpaired) electrons. The highest BCUT2D eigenvalue weighted by Gasteiger charge is 2.25. The quantitative estimate of drug-likeness (QED) is 0.837. The number of amidine groups is 1. The maximum absolute atomic E-state index is 12.0. The van der Waals surface area contributed by atoms with Crippen LogP contribution >= 0.6 is 11.8 Å². The molecule has 1 saturated heterocycles. The number of hydrogen-bond donors (Lipinski definition) is 2. The van der Waals surface area contributed by atoms with E-state index in [2.05, 4.69) is 15.6 Å². The van der Waals surface area contributed by atoms with Crippen LogP contribution in [0.2, 0.25) is 0 Å². The molecule has 0 bridgehead atoms. The fraction of sp³-hybridized carbons (Fsp3) is 0.353. The molecule has 120 valence electrons. The summed E-state index contributed by atoms with van der Waals surface area (Å²) in [5.74, 6) is -0.202. The Hall–Kier alpha value is -2.08. The molecule has 1 aromatic rings. The molecule has 5 nitrogen and oxygen atoms in total. The zero-order valence-electron chi connectivity index (χ0n) is 13.0. The minimum absolute atomic E-state index is 0.0994. The third-order valence-corrected chi connectivity index (χ3v) is 4.73. The monoisotopic (exact) mass is 329 g/mol. The van der Waals surface area contributed by atoms with Crippen molar-refractivity contribution < 1.29 is 9.59 Å². The Labute approximate surface area is 139 Å². The minimum atomic E-state index is -0.102. The normalized spacial score (nSPS) is 21.9. The summed E-state index contributed by atoms with van der Waals surface area (Å²) in [6.45, 7) is 1.47. The molecule has 2 N–H and O–H groups in total. The van der Waals surface area contributed by atoms with Gasteiger partial charge >= 0.3 is 0 Å². The topological polar surface area (TPSA) is 70.6 Å². The summed E-state index contributed by atoms with van der Waals surface area (Å²) in [5, 5.41) is 6.27. The summed E-state index contributed by atoms with van der Waals surface area (Å²) in [4.78, 5) is 28.3. The van der Waals surface area contributed by atoms with Crippen LogP contribution in [0.3, 0.4) is 0 Å². The fourth-order valence-corrected chi connectivity index (χ4v) is 3.60. The molecule has 1 aliphatic heterocycles. The molecule has 0 unspecified atom stereocenters. The largest absolute Gasteiger partial charge is 0.326 e. The highest BCUT2D eigenvalue weighted by atomic mass is 32.2. The van der Waals surface area contributed by atoms with Gasteiger partial charge in [0.1, 0.15) is 0 Å². The van der Waals surface area contributed by atoms with E-state index in [0.717, 1.165) is 24.1 Å². The molecule has 0 atom stereocenters. The van der Waals surface area contributed by atoms with Gasteiger partial charge in [-0.2, -0.15) is 0 Å². The van der Waals surface area contributed by atoms with E-state index in [-0.39, 0.29) is 11.8 Å². The molecular formula is C17H19N3O2S. The SMILES string of the molecule is CC(=O)Nc1ccc(/C=C2\SC(=NC3CCCC3)NC2=O)cc1. The van der Waals surface area contributed by atoms with Crippen LogP contribution in [0.25, 0.3) is 6.08 Å². The molecule has 23 heavy (non-hydrogen) atoms. The van der Waals surface area contributed by atoms with Gasteiger partial charge in [0, 0.05) is 12.6 Å². The average molecular weight is 329 g/mol. The van der Waals surface area contributed by atoms with E-state index in [1.807, 2.05) is 30.3 Å². The Morgan fingerprint density at radius 2 is 2.00 bits per heavy atom. The van der Waals surface area contributed by atoms with Crippen LogP contribution < -0.4 is 10.6 Å². The number of hydrogen-bond acceptors (Lipinski definition) is 4. The van der Waals surface area contributed by atoms with Crippen molar-refractivity contribution in [3.63, 3.8) is 0 Å². The number of thioether (sulfide) groups is 1. The number of aliphatic imine (C=N–C) groups is 1. The van der Waals surface area contributed by atoms with Crippen molar-refractivity contribution in [1.29, 1.82) is 0 Å². The molecule has 1 aliphatic carbocycles. The summed E-state index contributed by atoms with van der Waals surface area (Å²) in [6, 6.07) is 7.74. The third-order valence-electron chi connectivity index (χ3n) is 3.80. The molecule has 3 rings (SSSR count). The second kappa shape index (κ2) is 7.00. The van der Waals surface area contributed by atoms with Gasteiger partial charge in [0.2, 0.25) is 5.91 Å². The highest BCUT2D eigenvalue weighted by Crippen LogP contribution is 2.29. The van der Waals surface area contributed by atoms with E-state index < -0.39 is 0 Å². The van der Waals surface area contributed by atoms with E-state index in [9.17, 15) is 9.59 Å². The first-order chi connectivity index (χ1) is 11.1. The summed E-state index contributed by atoms with van der Waals surface area (Å²) >= 11 is 1.40. The summed E-state index contributed by atoms with van der Waals surface area (Å²) in [5.41, 5.74) is 1.66. The molecule has 1 aromatic carbocycles. The van der Waals surface area contributed by atoms with E-state index >= 15 is 0 Å². The van der Waals surface area contributed by atoms with Gasteiger partial charge in [0.25, 0.3) is 5.91 Å². The lowest BCUT2D eigenvalue weighted by Gasteiger charge is -2.02. The van der Waals surface area contributed by atoms with Gasteiger partial charge < -0.3 is 10.6 Å². The van der Waals surface area contributed by atoms with Crippen molar-refractivity contribution in [2.45, 2.75) is 38.6 Å². The maximum atomic E-state index is 12.0. The lowest BCUT2D eigenvalue weighted by atomic mass is 10.2. The summed E-state index contributed by atoms with van der Waals surface area (Å²) in [7, 11) is 0. The van der Waals surface area contributed by atoms with E-state index in [0.29, 0.717) is 16.1 Å². The predicted octanol–water partition coefficient (Wildman–Crippen LogP) is 3.15. The van der Waals surface area contributed by atoms with Gasteiger partial charge in [-0.25, -0.2) is 0 Å². The van der Waals surface area contributed by atoms with Gasteiger partial charge in [-0.05, 0) is 48.4 Å². The van der Waals surface area contributed by atoms with Crippen LogP contribution in [0.1, 0.15) is 38.2 Å². The minimum Gasteiger partial charge on any atom is -0.326 e. The molecule has 2 fully saturated rings. The number of nitrogens with one attached hydrogen (secondary N) is 2. The van der Waals surface area contributed by atoms with Crippen molar-refractivity contribution in [2.75, 3.05) is 5.32 Å². The Balaban J connectivity index is 1.69. The first-order valence-electron chi connectivity index (χ1n) is 7.76. The van der Waals surface area contributed by atoms with Gasteiger partial charge in [-0.1, -0.05) is 25.0 Å². The fourth-order valence-electron chi connectivity index (χ4n) is 2.70. The van der Waals surface area contributed by atoms with Crippen molar-refractivity contribution in [3.8, 4) is 0 Å². The Morgan fingerprint density at radius 3 is 2.65 bits per heavy atom. The zero-order valence-corrected chi connectivity index (χ0v) is 13.8. The Morgan fingerprint density at radius 1 is 1.30 bits per heavy atom. The Kier molecular flexibility index (Phi) is 4.81. The standard InChI is InChI=1S/C17H19N3O2S/c1-11(21)18-14-8-6-12(7-9-14)10-15-16(22)20-17(23-15)19-13-4-2-3-5-13/h6-10,13H,2-5H2,1H3,(H,18,21)(H,19,20,22)/b15-10-. The maximum Gasteiger partial charge on any atom is 0.264 e. The summed E-state index contributed by atoms with van der Waals surface area (Å²) < 4.78 is 0. The highest BCUT2D eigenvalue weighted by molar-refractivity contribution is 8.18. The first-order valence-corrected chi connectivity index (χ1v) is 8.58. The lowest BCUT2D eigenvalue weighted by Crippen LogP contribution is -2.21. The number of benzene rings is 1. The molecule has 2 amide bonds. The summed E-state index contributed by atoms with van der Waals surface area (Å²) in [6.07, 6.45) is 6.52. The molecule has 6 heteroatoms. The number of carbonyl (C=O) groups is 2. The van der Waals surface area contributed by atoms with Crippen molar-refractivity contribution >= 4 is 40.5 Å².